The lowest BCUT2D eigenvalue weighted by molar-refractivity contribution is 0.253. The van der Waals surface area contributed by atoms with Crippen molar-refractivity contribution < 1.29 is 9.50 Å². The highest BCUT2D eigenvalue weighted by Crippen LogP contribution is 2.48. The van der Waals surface area contributed by atoms with Crippen LogP contribution in [-0.2, 0) is 5.41 Å². The average molecular weight is 263 g/mol. The van der Waals surface area contributed by atoms with Crippen molar-refractivity contribution in [1.29, 1.82) is 0 Å². The van der Waals surface area contributed by atoms with E-state index in [1.54, 1.807) is 24.3 Å². The summed E-state index contributed by atoms with van der Waals surface area (Å²) in [7, 11) is 0. The maximum Gasteiger partial charge on any atom is 0.126 e. The molecule has 1 fully saturated rings. The molecule has 1 saturated carbocycles. The zero-order valence-corrected chi connectivity index (χ0v) is 10.9. The van der Waals surface area contributed by atoms with E-state index in [0.29, 0.717) is 5.56 Å². The van der Waals surface area contributed by atoms with Gasteiger partial charge in [0.25, 0.3) is 0 Å². The highest BCUT2D eigenvalue weighted by atomic mass is 32.1. The highest BCUT2D eigenvalue weighted by Gasteiger charge is 2.45. The molecular formula is C14H14FNOS. The first-order valence-corrected chi connectivity index (χ1v) is 6.86. The van der Waals surface area contributed by atoms with Gasteiger partial charge >= 0.3 is 0 Å². The first-order valence-electron chi connectivity index (χ1n) is 5.98. The monoisotopic (exact) mass is 263 g/mol. The van der Waals surface area contributed by atoms with Gasteiger partial charge in [-0.05, 0) is 43.5 Å². The molecule has 18 heavy (non-hydrogen) atoms. The number of nitrogens with zero attached hydrogens (tertiary/aromatic N) is 1. The van der Waals surface area contributed by atoms with Gasteiger partial charge in [-0.25, -0.2) is 9.37 Å². The van der Waals surface area contributed by atoms with Gasteiger partial charge < -0.3 is 5.11 Å². The van der Waals surface area contributed by atoms with E-state index in [1.807, 2.05) is 11.4 Å². The molecule has 0 saturated heterocycles. The van der Waals surface area contributed by atoms with Crippen LogP contribution < -0.4 is 0 Å². The largest absolute Gasteiger partial charge is 0.395 e. The zero-order valence-electron chi connectivity index (χ0n) is 10.1. The summed E-state index contributed by atoms with van der Waals surface area (Å²) in [5.41, 5.74) is 2.46. The summed E-state index contributed by atoms with van der Waals surface area (Å²) in [5.74, 6) is -0.190. The Morgan fingerprint density at radius 1 is 1.44 bits per heavy atom. The molecule has 0 spiro atoms. The smallest absolute Gasteiger partial charge is 0.126 e. The summed E-state index contributed by atoms with van der Waals surface area (Å²) in [6.07, 6.45) is 2.02. The van der Waals surface area contributed by atoms with Gasteiger partial charge in [-0.3, -0.25) is 0 Å². The minimum Gasteiger partial charge on any atom is -0.395 e. The molecule has 1 heterocycles. The Hall–Kier alpha value is -1.26. The van der Waals surface area contributed by atoms with E-state index in [9.17, 15) is 9.50 Å². The third-order valence-electron chi connectivity index (χ3n) is 3.61. The van der Waals surface area contributed by atoms with Crippen LogP contribution in [0.5, 0.6) is 0 Å². The number of rotatable bonds is 3. The van der Waals surface area contributed by atoms with Crippen molar-refractivity contribution in [3.8, 4) is 10.6 Å². The van der Waals surface area contributed by atoms with Crippen molar-refractivity contribution >= 4 is 11.3 Å². The first kappa shape index (κ1) is 11.8. The van der Waals surface area contributed by atoms with Crippen molar-refractivity contribution in [3.05, 3.63) is 40.7 Å². The zero-order chi connectivity index (χ0) is 12.8. The maximum atomic E-state index is 13.2. The van der Waals surface area contributed by atoms with Gasteiger partial charge in [-0.15, -0.1) is 11.3 Å². The number of benzene rings is 1. The summed E-state index contributed by atoms with van der Waals surface area (Å²) >= 11 is 1.55. The maximum absolute atomic E-state index is 13.2. The van der Waals surface area contributed by atoms with E-state index < -0.39 is 0 Å². The molecule has 94 valence electrons. The molecule has 1 aliphatic rings. The third kappa shape index (κ3) is 1.85. The third-order valence-corrected chi connectivity index (χ3v) is 4.50. The van der Waals surface area contributed by atoms with E-state index in [0.717, 1.165) is 29.1 Å². The van der Waals surface area contributed by atoms with Crippen molar-refractivity contribution in [2.24, 2.45) is 0 Å². The second kappa shape index (κ2) is 4.14. The first-order chi connectivity index (χ1) is 8.64. The lowest BCUT2D eigenvalue weighted by atomic mass is 10.1. The minimum absolute atomic E-state index is 0.0934. The van der Waals surface area contributed by atoms with Gasteiger partial charge in [0.15, 0.2) is 0 Å². The van der Waals surface area contributed by atoms with Crippen LogP contribution >= 0.6 is 11.3 Å². The van der Waals surface area contributed by atoms with Gasteiger partial charge in [0, 0.05) is 16.4 Å². The van der Waals surface area contributed by atoms with Gasteiger partial charge in [-0.1, -0.05) is 0 Å². The molecule has 2 nitrogen and oxygen atoms in total. The molecule has 0 aliphatic heterocycles. The predicted octanol–water partition coefficient (Wildman–Crippen LogP) is 3.28. The Balaban J connectivity index is 1.95. The van der Waals surface area contributed by atoms with Crippen LogP contribution in [0.2, 0.25) is 0 Å². The molecule has 1 aromatic heterocycles. The van der Waals surface area contributed by atoms with E-state index in [-0.39, 0.29) is 17.8 Å². The topological polar surface area (TPSA) is 33.1 Å². The van der Waals surface area contributed by atoms with Crippen LogP contribution in [0.15, 0.2) is 23.6 Å². The molecule has 2 aromatic rings. The number of aromatic nitrogens is 1. The SMILES string of the molecule is Cc1cc(-c2nc(C3(CO)CC3)cs2)ccc1F. The molecule has 3 rings (SSSR count). The number of hydrogen-bond acceptors (Lipinski definition) is 3. The summed E-state index contributed by atoms with van der Waals surface area (Å²) in [6.45, 7) is 1.92. The Morgan fingerprint density at radius 3 is 2.83 bits per heavy atom. The Morgan fingerprint density at radius 2 is 2.22 bits per heavy atom. The Kier molecular flexibility index (Phi) is 2.72. The number of thiazole rings is 1. The summed E-state index contributed by atoms with van der Waals surface area (Å²) in [4.78, 5) is 4.59. The van der Waals surface area contributed by atoms with Crippen LogP contribution in [-0.4, -0.2) is 16.7 Å². The fourth-order valence-corrected chi connectivity index (χ4v) is 3.01. The molecule has 0 unspecified atom stereocenters. The summed E-state index contributed by atoms with van der Waals surface area (Å²) in [5, 5.41) is 12.3. The molecule has 4 heteroatoms. The van der Waals surface area contributed by atoms with E-state index >= 15 is 0 Å². The van der Waals surface area contributed by atoms with E-state index in [2.05, 4.69) is 4.98 Å². The minimum atomic E-state index is -0.190. The number of aliphatic hydroxyl groups is 1. The molecular weight excluding hydrogens is 249 g/mol. The van der Waals surface area contributed by atoms with Crippen LogP contribution in [0, 0.1) is 12.7 Å². The fourth-order valence-electron chi connectivity index (χ4n) is 2.07. The molecule has 0 atom stereocenters. The highest BCUT2D eigenvalue weighted by molar-refractivity contribution is 7.13. The number of aliphatic hydroxyl groups excluding tert-OH is 1. The fraction of sp³-hybridized carbons (Fsp3) is 0.357. The van der Waals surface area contributed by atoms with Gasteiger partial charge in [-0.2, -0.15) is 0 Å². The second-order valence-corrected chi connectivity index (χ2v) is 5.80. The van der Waals surface area contributed by atoms with Crippen molar-refractivity contribution in [2.75, 3.05) is 6.61 Å². The molecule has 1 aromatic carbocycles. The molecule has 0 bridgehead atoms. The van der Waals surface area contributed by atoms with Crippen LogP contribution in [0.3, 0.4) is 0 Å². The Bertz CT molecular complexity index is 589. The predicted molar refractivity (Wildman–Crippen MR) is 70.2 cm³/mol. The second-order valence-electron chi connectivity index (χ2n) is 4.94. The van der Waals surface area contributed by atoms with E-state index in [4.69, 9.17) is 0 Å². The lowest BCUT2D eigenvalue weighted by Crippen LogP contribution is -2.11. The normalized spacial score (nSPS) is 16.8. The van der Waals surface area contributed by atoms with Crippen molar-refractivity contribution in [1.82, 2.24) is 4.98 Å². The number of hydrogen-bond donors (Lipinski definition) is 1. The van der Waals surface area contributed by atoms with E-state index in [1.165, 1.54) is 6.07 Å². The van der Waals surface area contributed by atoms with Gasteiger partial charge in [0.2, 0.25) is 0 Å². The Labute approximate surface area is 109 Å². The number of aryl methyl sites for hydroxylation is 1. The van der Waals surface area contributed by atoms with Crippen molar-refractivity contribution in [2.45, 2.75) is 25.2 Å². The van der Waals surface area contributed by atoms with Crippen LogP contribution in [0.25, 0.3) is 10.6 Å². The molecule has 1 N–H and O–H groups in total. The quantitative estimate of drug-likeness (QED) is 0.922. The average Bonchev–Trinajstić information content (AvgIpc) is 3.02. The van der Waals surface area contributed by atoms with Gasteiger partial charge in [0.1, 0.15) is 10.8 Å². The van der Waals surface area contributed by atoms with Gasteiger partial charge in [0.05, 0.1) is 12.3 Å². The van der Waals surface area contributed by atoms with Crippen molar-refractivity contribution in [3.63, 3.8) is 0 Å². The molecule has 0 amide bonds. The van der Waals surface area contributed by atoms with Crippen LogP contribution in [0.4, 0.5) is 4.39 Å². The standard InChI is InChI=1S/C14H14FNOS/c1-9-6-10(2-3-11(9)15)13-16-12(7-18-13)14(8-17)4-5-14/h2-3,6-7,17H,4-5,8H2,1H3. The number of halogens is 1. The molecule has 1 aliphatic carbocycles. The summed E-state index contributed by atoms with van der Waals surface area (Å²) in [6, 6.07) is 5.05. The lowest BCUT2D eigenvalue weighted by Gasteiger charge is -2.06. The van der Waals surface area contributed by atoms with Crippen LogP contribution in [0.1, 0.15) is 24.1 Å². The summed E-state index contributed by atoms with van der Waals surface area (Å²) < 4.78 is 13.2. The molecule has 0 radical (unpaired) electrons.